The smallest absolute Gasteiger partial charge is 0.417 e. The summed E-state index contributed by atoms with van der Waals surface area (Å²) in [4.78, 5) is 25.9. The van der Waals surface area contributed by atoms with Gasteiger partial charge in [-0.3, -0.25) is 14.1 Å². The summed E-state index contributed by atoms with van der Waals surface area (Å²) in [6.45, 7) is 0.0373. The second-order valence-corrected chi connectivity index (χ2v) is 7.67. The van der Waals surface area contributed by atoms with Gasteiger partial charge >= 0.3 is 5.76 Å². The van der Waals surface area contributed by atoms with Crippen LogP contribution in [0.5, 0.6) is 5.75 Å². The van der Waals surface area contributed by atoms with Crippen molar-refractivity contribution in [2.45, 2.75) is 11.3 Å². The van der Waals surface area contributed by atoms with Crippen LogP contribution in [0.4, 0.5) is 5.69 Å². The normalized spacial score (nSPS) is 14.5. The van der Waals surface area contributed by atoms with Crippen molar-refractivity contribution in [1.82, 2.24) is 4.98 Å². The minimum absolute atomic E-state index is 0.0242. The molecular weight excluding hydrogens is 360 g/mol. The van der Waals surface area contributed by atoms with E-state index in [1.807, 2.05) is 0 Å². The average molecular weight is 374 g/mol. The molecule has 0 aliphatic carbocycles. The number of fused-ring (bicyclic) bond motifs is 2. The molecule has 1 N–H and O–H groups in total. The molecule has 1 aliphatic heterocycles. The monoisotopic (exact) mass is 374 g/mol. The Kier molecular flexibility index (Phi) is 3.62. The molecule has 0 saturated heterocycles. The van der Waals surface area contributed by atoms with Crippen LogP contribution in [0.1, 0.15) is 16.8 Å². The molecule has 26 heavy (non-hydrogen) atoms. The molecule has 0 bridgehead atoms. The third-order valence-corrected chi connectivity index (χ3v) is 6.10. The fraction of sp³-hybridized carbons (Fsp3) is 0.176. The molecule has 0 fully saturated rings. The minimum atomic E-state index is -3.94. The van der Waals surface area contributed by atoms with E-state index in [0.717, 1.165) is 0 Å². The maximum Gasteiger partial charge on any atom is 0.417 e. The summed E-state index contributed by atoms with van der Waals surface area (Å²) < 4.78 is 37.5. The number of carbonyl (C=O) groups excluding carboxylic acids is 1. The number of sulfonamides is 1. The van der Waals surface area contributed by atoms with Crippen molar-refractivity contribution < 1.29 is 22.4 Å². The predicted molar refractivity (Wildman–Crippen MR) is 93.3 cm³/mol. The number of H-pyrrole nitrogens is 1. The number of rotatable bonds is 3. The van der Waals surface area contributed by atoms with Crippen LogP contribution < -0.4 is 14.8 Å². The summed E-state index contributed by atoms with van der Waals surface area (Å²) in [6.07, 6.45) is 0.0703. The van der Waals surface area contributed by atoms with Crippen molar-refractivity contribution in [1.29, 1.82) is 0 Å². The Hall–Kier alpha value is -3.07. The summed E-state index contributed by atoms with van der Waals surface area (Å²) in [5.41, 5.74) is 1.16. The van der Waals surface area contributed by atoms with Crippen molar-refractivity contribution in [3.05, 3.63) is 52.5 Å². The van der Waals surface area contributed by atoms with Crippen LogP contribution in [0.15, 0.2) is 50.5 Å². The van der Waals surface area contributed by atoms with E-state index in [1.54, 1.807) is 12.1 Å². The SMILES string of the molecule is COc1ccc2c(c1)C(=O)CCN2S(=O)(=O)c1ccc2[nH]c(=O)oc2c1. The number of aromatic amines is 1. The number of ketones is 1. The molecule has 8 nitrogen and oxygen atoms in total. The number of nitrogens with one attached hydrogen (secondary N) is 1. The number of carbonyl (C=O) groups is 1. The van der Waals surface area contributed by atoms with Gasteiger partial charge in [-0.25, -0.2) is 13.2 Å². The Morgan fingerprint density at radius 1 is 1.15 bits per heavy atom. The first-order valence-corrected chi connectivity index (χ1v) is 9.21. The topological polar surface area (TPSA) is 110 Å². The van der Waals surface area contributed by atoms with Gasteiger partial charge in [-0.05, 0) is 30.3 Å². The summed E-state index contributed by atoms with van der Waals surface area (Å²) in [5, 5.41) is 0. The molecule has 0 saturated carbocycles. The molecule has 4 rings (SSSR count). The molecule has 134 valence electrons. The van der Waals surface area contributed by atoms with Crippen molar-refractivity contribution in [2.75, 3.05) is 18.0 Å². The van der Waals surface area contributed by atoms with Crippen molar-refractivity contribution in [3.63, 3.8) is 0 Å². The van der Waals surface area contributed by atoms with Crippen LogP contribution in [0.25, 0.3) is 11.1 Å². The number of oxazole rings is 1. The number of nitrogens with zero attached hydrogens (tertiary/aromatic N) is 1. The Bertz CT molecular complexity index is 1190. The molecule has 3 aromatic rings. The number of Topliss-reactive ketones (excluding diaryl/α,β-unsaturated/α-hetero) is 1. The van der Waals surface area contributed by atoms with Crippen LogP contribution in [-0.4, -0.2) is 32.8 Å². The standard InChI is InChI=1S/C17H14N2O6S/c1-24-10-2-5-14-12(8-10)15(20)6-7-19(14)26(22,23)11-3-4-13-16(9-11)25-17(21)18-13/h2-5,8-9H,6-7H2,1H3,(H,18,21). The first kappa shape index (κ1) is 16.4. The van der Waals surface area contributed by atoms with Crippen LogP contribution >= 0.6 is 0 Å². The molecule has 0 unspecified atom stereocenters. The highest BCUT2D eigenvalue weighted by Gasteiger charge is 2.33. The highest BCUT2D eigenvalue weighted by molar-refractivity contribution is 7.92. The Morgan fingerprint density at radius 3 is 2.73 bits per heavy atom. The van der Waals surface area contributed by atoms with E-state index in [0.29, 0.717) is 22.5 Å². The van der Waals surface area contributed by atoms with Gasteiger partial charge in [-0.2, -0.15) is 0 Å². The average Bonchev–Trinajstić information content (AvgIpc) is 3.00. The zero-order valence-corrected chi connectivity index (χ0v) is 14.5. The van der Waals surface area contributed by atoms with E-state index in [4.69, 9.17) is 9.15 Å². The summed E-state index contributed by atoms with van der Waals surface area (Å²) in [6, 6.07) is 8.85. The molecule has 9 heteroatoms. The van der Waals surface area contributed by atoms with E-state index in [-0.39, 0.29) is 29.2 Å². The zero-order chi connectivity index (χ0) is 18.5. The van der Waals surface area contributed by atoms with Crippen LogP contribution in [-0.2, 0) is 10.0 Å². The van der Waals surface area contributed by atoms with Crippen molar-refractivity contribution >= 4 is 32.6 Å². The Morgan fingerprint density at radius 2 is 1.96 bits per heavy atom. The van der Waals surface area contributed by atoms with Gasteiger partial charge in [0.2, 0.25) is 0 Å². The van der Waals surface area contributed by atoms with Crippen LogP contribution in [0.2, 0.25) is 0 Å². The van der Waals surface area contributed by atoms with Crippen LogP contribution in [0.3, 0.4) is 0 Å². The number of anilines is 1. The molecule has 0 radical (unpaired) electrons. The molecule has 0 spiro atoms. The lowest BCUT2D eigenvalue weighted by molar-refractivity contribution is 0.0981. The van der Waals surface area contributed by atoms with Gasteiger partial charge in [-0.1, -0.05) is 0 Å². The van der Waals surface area contributed by atoms with E-state index >= 15 is 0 Å². The summed E-state index contributed by atoms with van der Waals surface area (Å²) in [5.74, 6) is -0.320. The Balaban J connectivity index is 1.84. The van der Waals surface area contributed by atoms with Gasteiger partial charge < -0.3 is 9.15 Å². The van der Waals surface area contributed by atoms with E-state index in [9.17, 15) is 18.0 Å². The first-order valence-electron chi connectivity index (χ1n) is 7.77. The van der Waals surface area contributed by atoms with Gasteiger partial charge in [0.25, 0.3) is 10.0 Å². The van der Waals surface area contributed by atoms with Crippen LogP contribution in [0, 0.1) is 0 Å². The quantitative estimate of drug-likeness (QED) is 0.750. The van der Waals surface area contributed by atoms with Gasteiger partial charge in [0.1, 0.15) is 5.75 Å². The van der Waals surface area contributed by atoms with E-state index in [1.165, 1.54) is 35.7 Å². The second-order valence-electron chi connectivity index (χ2n) is 5.81. The molecule has 1 aliphatic rings. The van der Waals surface area contributed by atoms with E-state index < -0.39 is 15.8 Å². The fourth-order valence-electron chi connectivity index (χ4n) is 3.00. The highest BCUT2D eigenvalue weighted by atomic mass is 32.2. The maximum absolute atomic E-state index is 13.1. The maximum atomic E-state index is 13.1. The third kappa shape index (κ3) is 2.48. The minimum Gasteiger partial charge on any atom is -0.497 e. The summed E-state index contributed by atoms with van der Waals surface area (Å²) >= 11 is 0. The van der Waals surface area contributed by atoms with Gasteiger partial charge in [0.15, 0.2) is 11.4 Å². The Labute approximate surface area is 148 Å². The fourth-order valence-corrected chi connectivity index (χ4v) is 4.50. The largest absolute Gasteiger partial charge is 0.497 e. The summed E-state index contributed by atoms with van der Waals surface area (Å²) in [7, 11) is -2.46. The molecule has 2 heterocycles. The predicted octanol–water partition coefficient (Wildman–Crippen LogP) is 1.91. The lowest BCUT2D eigenvalue weighted by Gasteiger charge is -2.30. The molecular formula is C17H14N2O6S. The number of ether oxygens (including phenoxy) is 1. The number of methoxy groups -OCH3 is 1. The van der Waals surface area contributed by atoms with Gasteiger partial charge in [0, 0.05) is 24.6 Å². The van der Waals surface area contributed by atoms with Crippen molar-refractivity contribution in [3.8, 4) is 5.75 Å². The molecule has 0 atom stereocenters. The first-order chi connectivity index (χ1) is 12.4. The lowest BCUT2D eigenvalue weighted by atomic mass is 10.0. The van der Waals surface area contributed by atoms with E-state index in [2.05, 4.69) is 4.98 Å². The number of hydrogen-bond donors (Lipinski definition) is 1. The number of benzene rings is 2. The third-order valence-electron chi connectivity index (χ3n) is 4.30. The van der Waals surface area contributed by atoms with Crippen molar-refractivity contribution in [2.24, 2.45) is 0 Å². The number of hydrogen-bond acceptors (Lipinski definition) is 6. The lowest BCUT2D eigenvalue weighted by Crippen LogP contribution is -2.37. The molecule has 1 aromatic heterocycles. The molecule has 0 amide bonds. The molecule has 2 aromatic carbocycles. The second kappa shape index (κ2) is 5.73. The number of aromatic nitrogens is 1. The van der Waals surface area contributed by atoms with Gasteiger partial charge in [-0.15, -0.1) is 0 Å². The van der Waals surface area contributed by atoms with Gasteiger partial charge in [0.05, 0.1) is 23.2 Å². The zero-order valence-electron chi connectivity index (χ0n) is 13.7. The highest BCUT2D eigenvalue weighted by Crippen LogP contribution is 2.34.